The first kappa shape index (κ1) is 31.6. The molecule has 2 aromatic rings. The van der Waals surface area contributed by atoms with Crippen molar-refractivity contribution >= 4 is 21.9 Å². The van der Waals surface area contributed by atoms with Crippen LogP contribution < -0.4 is 15.4 Å². The highest BCUT2D eigenvalue weighted by Crippen LogP contribution is 2.31. The fourth-order valence-corrected chi connectivity index (χ4v) is 6.43. The maximum Gasteiger partial charge on any atom is 0.416 e. The summed E-state index contributed by atoms with van der Waals surface area (Å²) in [6, 6.07) is 11.3. The van der Waals surface area contributed by atoms with Gasteiger partial charge in [-0.1, -0.05) is 37.3 Å². The molecule has 1 fully saturated rings. The van der Waals surface area contributed by atoms with Crippen molar-refractivity contribution in [1.29, 1.82) is 0 Å². The molecule has 0 saturated heterocycles. The highest BCUT2D eigenvalue weighted by Gasteiger charge is 2.33. The summed E-state index contributed by atoms with van der Waals surface area (Å²) < 4.78 is 66.4. The monoisotopic (exact) mass is 583 g/mol. The smallest absolute Gasteiger partial charge is 0.416 e. The highest BCUT2D eigenvalue weighted by atomic mass is 32.2. The van der Waals surface area contributed by atoms with E-state index in [1.54, 1.807) is 7.05 Å². The molecule has 0 radical (unpaired) electrons. The Morgan fingerprint density at radius 2 is 1.57 bits per heavy atom. The van der Waals surface area contributed by atoms with Gasteiger partial charge in [0.15, 0.2) is 0 Å². The Balaban J connectivity index is 1.58. The van der Waals surface area contributed by atoms with E-state index in [1.807, 2.05) is 37.3 Å². The van der Waals surface area contributed by atoms with Crippen LogP contribution in [0.4, 0.5) is 13.2 Å². The molecule has 0 aliphatic heterocycles. The second-order valence-electron chi connectivity index (χ2n) is 10.3. The summed E-state index contributed by atoms with van der Waals surface area (Å²) in [4.78, 5) is 24.5. The average Bonchev–Trinajstić information content (AvgIpc) is 2.91. The van der Waals surface area contributed by atoms with Crippen molar-refractivity contribution in [2.45, 2.75) is 74.6 Å². The number of amides is 1. The molecule has 0 spiro atoms. The van der Waals surface area contributed by atoms with Crippen LogP contribution in [0.25, 0.3) is 0 Å². The zero-order valence-corrected chi connectivity index (χ0v) is 23.3. The number of carboxylic acids is 1. The number of halogens is 3. The third-order valence-electron chi connectivity index (χ3n) is 7.49. The molecule has 1 aliphatic rings. The van der Waals surface area contributed by atoms with Crippen LogP contribution >= 0.6 is 0 Å². The number of carbonyl (C=O) groups excluding carboxylic acids is 1. The normalized spacial score (nSPS) is 20.3. The largest absolute Gasteiger partial charge is 0.480 e. The van der Waals surface area contributed by atoms with Crippen LogP contribution in [0.3, 0.4) is 0 Å². The molecule has 4 N–H and O–H groups in total. The fraction of sp³-hybridized carbons (Fsp3) is 0.500. The van der Waals surface area contributed by atoms with E-state index in [9.17, 15) is 36.3 Å². The van der Waals surface area contributed by atoms with Crippen LogP contribution in [-0.4, -0.2) is 44.5 Å². The summed E-state index contributed by atoms with van der Waals surface area (Å²) in [6.45, 7) is 1.85. The van der Waals surface area contributed by atoms with E-state index in [-0.39, 0.29) is 28.7 Å². The van der Waals surface area contributed by atoms with Gasteiger partial charge in [-0.25, -0.2) is 13.1 Å². The van der Waals surface area contributed by atoms with Crippen LogP contribution in [0.2, 0.25) is 0 Å². The number of aliphatic carboxylic acids is 1. The van der Waals surface area contributed by atoms with E-state index in [4.69, 9.17) is 0 Å². The van der Waals surface area contributed by atoms with Gasteiger partial charge in [-0.05, 0) is 81.3 Å². The van der Waals surface area contributed by atoms with Crippen molar-refractivity contribution in [3.8, 4) is 0 Å². The first-order valence-corrected chi connectivity index (χ1v) is 14.7. The van der Waals surface area contributed by atoms with Crippen molar-refractivity contribution in [2.75, 3.05) is 7.05 Å². The zero-order valence-electron chi connectivity index (χ0n) is 22.4. The molecule has 40 heavy (non-hydrogen) atoms. The standard InChI is InChI=1S/C28H36F3N3O5S/c1-18(25(32-2)27(36)37)8-17-24(19-6-4-3-5-7-19)33-26(35)20-9-13-22(14-10-20)34-40(38,39)23-15-11-21(12-16-23)28(29,30)31/h3-7,11-12,15-16,18,20,22,24-25,32,34H,8-10,13-14,17H2,1-2H3,(H,33,35)(H,36,37)/t18?,20?,22?,24-,25?/m0/s1. The number of benzene rings is 2. The van der Waals surface area contributed by atoms with Gasteiger partial charge in [-0.2, -0.15) is 13.2 Å². The molecule has 0 aromatic heterocycles. The maximum absolute atomic E-state index is 13.2. The first-order chi connectivity index (χ1) is 18.8. The number of nitrogens with one attached hydrogen (secondary N) is 3. The summed E-state index contributed by atoms with van der Waals surface area (Å²) in [6.07, 6.45) is -1.72. The molecule has 220 valence electrons. The van der Waals surface area contributed by atoms with E-state index in [2.05, 4.69) is 15.4 Å². The van der Waals surface area contributed by atoms with Gasteiger partial charge in [0.25, 0.3) is 0 Å². The third-order valence-corrected chi connectivity index (χ3v) is 9.02. The summed E-state index contributed by atoms with van der Waals surface area (Å²) in [5, 5.41) is 15.4. The van der Waals surface area contributed by atoms with Crippen LogP contribution in [0.5, 0.6) is 0 Å². The topological polar surface area (TPSA) is 125 Å². The van der Waals surface area contributed by atoms with E-state index < -0.39 is 39.8 Å². The van der Waals surface area contributed by atoms with Gasteiger partial charge in [-0.3, -0.25) is 9.59 Å². The Bertz CT molecular complexity index is 1230. The number of alkyl halides is 3. The zero-order chi connectivity index (χ0) is 29.5. The molecule has 1 aliphatic carbocycles. The van der Waals surface area contributed by atoms with Gasteiger partial charge in [0, 0.05) is 12.0 Å². The first-order valence-electron chi connectivity index (χ1n) is 13.3. The number of carbonyl (C=O) groups is 2. The molecule has 1 amide bonds. The minimum Gasteiger partial charge on any atom is -0.480 e. The van der Waals surface area contributed by atoms with E-state index in [1.165, 1.54) is 0 Å². The molecule has 2 aromatic carbocycles. The quantitative estimate of drug-likeness (QED) is 0.292. The van der Waals surface area contributed by atoms with Crippen LogP contribution in [-0.2, 0) is 25.8 Å². The minimum atomic E-state index is -4.56. The van der Waals surface area contributed by atoms with Gasteiger partial charge < -0.3 is 15.7 Å². The molecular weight excluding hydrogens is 547 g/mol. The Morgan fingerprint density at radius 1 is 0.975 bits per heavy atom. The van der Waals surface area contributed by atoms with Crippen molar-refractivity contribution in [1.82, 2.24) is 15.4 Å². The molecule has 0 bridgehead atoms. The lowest BCUT2D eigenvalue weighted by atomic mass is 9.85. The lowest BCUT2D eigenvalue weighted by Gasteiger charge is -2.30. The molecule has 2 unspecified atom stereocenters. The predicted octanol–water partition coefficient (Wildman–Crippen LogP) is 4.49. The number of likely N-dealkylation sites (N-methyl/N-ethyl adjacent to an activating group) is 1. The molecule has 3 rings (SSSR count). The van der Waals surface area contributed by atoms with Crippen molar-refractivity contribution in [3.63, 3.8) is 0 Å². The van der Waals surface area contributed by atoms with Crippen molar-refractivity contribution in [3.05, 3.63) is 65.7 Å². The molecular formula is C28H36F3N3O5S. The summed E-state index contributed by atoms with van der Waals surface area (Å²) >= 11 is 0. The van der Waals surface area contributed by atoms with Crippen molar-refractivity contribution in [2.24, 2.45) is 11.8 Å². The number of sulfonamides is 1. The lowest BCUT2D eigenvalue weighted by Crippen LogP contribution is -2.42. The SMILES string of the molecule is CNC(C(=O)O)C(C)CC[C@H](NC(=O)C1CCC(NS(=O)(=O)c2ccc(C(F)(F)F)cc2)CC1)c1ccccc1. The Kier molecular flexibility index (Phi) is 10.7. The number of hydrogen-bond acceptors (Lipinski definition) is 5. The fourth-order valence-electron chi connectivity index (χ4n) is 5.13. The molecule has 12 heteroatoms. The van der Waals surface area contributed by atoms with Crippen LogP contribution in [0.15, 0.2) is 59.5 Å². The number of rotatable bonds is 12. The summed E-state index contributed by atoms with van der Waals surface area (Å²) in [5.41, 5.74) is -0.0117. The minimum absolute atomic E-state index is 0.144. The van der Waals surface area contributed by atoms with E-state index >= 15 is 0 Å². The summed E-state index contributed by atoms with van der Waals surface area (Å²) in [5.74, 6) is -1.56. The van der Waals surface area contributed by atoms with Gasteiger partial charge in [0.05, 0.1) is 16.5 Å². The third kappa shape index (κ3) is 8.52. The lowest BCUT2D eigenvalue weighted by molar-refractivity contribution is -0.141. The number of hydrogen-bond donors (Lipinski definition) is 4. The van der Waals surface area contributed by atoms with Gasteiger partial charge in [0.1, 0.15) is 6.04 Å². The van der Waals surface area contributed by atoms with Crippen molar-refractivity contribution < 1.29 is 36.3 Å². The summed E-state index contributed by atoms with van der Waals surface area (Å²) in [7, 11) is -2.41. The highest BCUT2D eigenvalue weighted by molar-refractivity contribution is 7.89. The average molecular weight is 584 g/mol. The van der Waals surface area contributed by atoms with Gasteiger partial charge in [0.2, 0.25) is 15.9 Å². The molecule has 3 atom stereocenters. The predicted molar refractivity (Wildman–Crippen MR) is 144 cm³/mol. The second kappa shape index (κ2) is 13.6. The molecule has 0 heterocycles. The van der Waals surface area contributed by atoms with Crippen LogP contribution in [0, 0.1) is 11.8 Å². The second-order valence-corrected chi connectivity index (χ2v) is 12.0. The Labute approximate surface area is 232 Å². The number of carboxylic acid groups (broad SMARTS) is 1. The van der Waals surface area contributed by atoms with E-state index in [0.29, 0.717) is 38.5 Å². The van der Waals surface area contributed by atoms with Gasteiger partial charge in [-0.15, -0.1) is 0 Å². The van der Waals surface area contributed by atoms with E-state index in [0.717, 1.165) is 29.8 Å². The molecule has 8 nitrogen and oxygen atoms in total. The van der Waals surface area contributed by atoms with Gasteiger partial charge >= 0.3 is 12.1 Å². The maximum atomic E-state index is 13.2. The van der Waals surface area contributed by atoms with Crippen LogP contribution in [0.1, 0.15) is 62.6 Å². The Hall–Kier alpha value is -2.96. The molecule has 1 saturated carbocycles. The Morgan fingerprint density at radius 3 is 2.10 bits per heavy atom.